The molecule has 0 unspecified atom stereocenters. The molecule has 1 fully saturated rings. The lowest BCUT2D eigenvalue weighted by molar-refractivity contribution is -0.132. The molecule has 5 nitrogen and oxygen atoms in total. The van der Waals surface area contributed by atoms with Crippen LogP contribution in [0.3, 0.4) is 0 Å². The minimum Gasteiger partial charge on any atom is -0.472 e. The third-order valence-corrected chi connectivity index (χ3v) is 4.25. The van der Waals surface area contributed by atoms with Gasteiger partial charge in [0.1, 0.15) is 12.1 Å². The first-order chi connectivity index (χ1) is 11.6. The number of hydrogen-bond acceptors (Lipinski definition) is 3. The van der Waals surface area contributed by atoms with Crippen molar-refractivity contribution in [2.24, 2.45) is 0 Å². The highest BCUT2D eigenvalue weighted by molar-refractivity contribution is 5.94. The SMILES string of the molecule is O=C(CCc1ccccc1F)N1CCN(C(=O)c2ccoc2)CC1. The molecule has 0 radical (unpaired) electrons. The van der Waals surface area contributed by atoms with Crippen molar-refractivity contribution < 1.29 is 18.4 Å². The summed E-state index contributed by atoms with van der Waals surface area (Å²) in [5, 5.41) is 0. The van der Waals surface area contributed by atoms with E-state index in [1.165, 1.54) is 18.6 Å². The molecule has 2 aromatic rings. The number of furan rings is 1. The van der Waals surface area contributed by atoms with Crippen LogP contribution in [0.15, 0.2) is 47.3 Å². The number of aryl methyl sites for hydroxylation is 1. The Bertz CT molecular complexity index is 707. The second kappa shape index (κ2) is 7.29. The average Bonchev–Trinajstić information content (AvgIpc) is 3.15. The van der Waals surface area contributed by atoms with Gasteiger partial charge in [-0.2, -0.15) is 0 Å². The molecule has 0 saturated carbocycles. The van der Waals surface area contributed by atoms with E-state index in [1.807, 2.05) is 0 Å². The van der Waals surface area contributed by atoms with Gasteiger partial charge in [-0.15, -0.1) is 0 Å². The monoisotopic (exact) mass is 330 g/mol. The largest absolute Gasteiger partial charge is 0.472 e. The Morgan fingerprint density at radius 2 is 1.75 bits per heavy atom. The van der Waals surface area contributed by atoms with Gasteiger partial charge >= 0.3 is 0 Å². The quantitative estimate of drug-likeness (QED) is 0.865. The lowest BCUT2D eigenvalue weighted by atomic mass is 10.1. The van der Waals surface area contributed by atoms with Crippen LogP contribution in [0.5, 0.6) is 0 Å². The van der Waals surface area contributed by atoms with E-state index in [9.17, 15) is 14.0 Å². The summed E-state index contributed by atoms with van der Waals surface area (Å²) >= 11 is 0. The van der Waals surface area contributed by atoms with E-state index in [1.54, 1.807) is 34.1 Å². The molecule has 1 saturated heterocycles. The van der Waals surface area contributed by atoms with E-state index >= 15 is 0 Å². The van der Waals surface area contributed by atoms with Crippen LogP contribution < -0.4 is 0 Å². The summed E-state index contributed by atoms with van der Waals surface area (Å²) in [6, 6.07) is 8.14. The molecular formula is C18H19FN2O3. The van der Waals surface area contributed by atoms with Crippen molar-refractivity contribution in [2.45, 2.75) is 12.8 Å². The summed E-state index contributed by atoms with van der Waals surface area (Å²) in [4.78, 5) is 27.9. The van der Waals surface area contributed by atoms with Gasteiger partial charge in [0.2, 0.25) is 5.91 Å². The van der Waals surface area contributed by atoms with Crippen LogP contribution in [-0.4, -0.2) is 47.8 Å². The molecule has 6 heteroatoms. The second-order valence-electron chi connectivity index (χ2n) is 5.78. The van der Waals surface area contributed by atoms with Gasteiger partial charge in [-0.3, -0.25) is 9.59 Å². The number of piperazine rings is 1. The number of hydrogen-bond donors (Lipinski definition) is 0. The fourth-order valence-corrected chi connectivity index (χ4v) is 2.83. The number of carbonyl (C=O) groups is 2. The fraction of sp³-hybridized carbons (Fsp3) is 0.333. The third-order valence-electron chi connectivity index (χ3n) is 4.25. The highest BCUT2D eigenvalue weighted by atomic mass is 19.1. The Balaban J connectivity index is 1.48. The molecule has 0 atom stereocenters. The predicted octanol–water partition coefficient (Wildman–Crippen LogP) is 2.34. The maximum atomic E-state index is 13.6. The van der Waals surface area contributed by atoms with Crippen molar-refractivity contribution in [1.82, 2.24) is 9.80 Å². The van der Waals surface area contributed by atoms with Crippen molar-refractivity contribution in [3.63, 3.8) is 0 Å². The number of rotatable bonds is 4. The molecule has 2 amide bonds. The lowest BCUT2D eigenvalue weighted by Crippen LogP contribution is -2.50. The molecule has 126 valence electrons. The van der Waals surface area contributed by atoms with Crippen LogP contribution in [0.2, 0.25) is 0 Å². The molecule has 2 heterocycles. The Morgan fingerprint density at radius 3 is 2.42 bits per heavy atom. The summed E-state index contributed by atoms with van der Waals surface area (Å²) in [5.74, 6) is -0.364. The van der Waals surface area contributed by atoms with Gasteiger partial charge in [0, 0.05) is 32.6 Å². The van der Waals surface area contributed by atoms with Crippen LogP contribution in [0.1, 0.15) is 22.3 Å². The second-order valence-corrected chi connectivity index (χ2v) is 5.78. The zero-order chi connectivity index (χ0) is 16.9. The molecular weight excluding hydrogens is 311 g/mol. The average molecular weight is 330 g/mol. The van der Waals surface area contributed by atoms with E-state index in [4.69, 9.17) is 4.42 Å². The van der Waals surface area contributed by atoms with Crippen LogP contribution >= 0.6 is 0 Å². The highest BCUT2D eigenvalue weighted by Crippen LogP contribution is 2.13. The Kier molecular flexibility index (Phi) is 4.93. The third kappa shape index (κ3) is 3.64. The first kappa shape index (κ1) is 16.2. The topological polar surface area (TPSA) is 53.8 Å². The van der Waals surface area contributed by atoms with E-state index in [0.29, 0.717) is 43.7 Å². The van der Waals surface area contributed by atoms with Gasteiger partial charge in [-0.05, 0) is 24.1 Å². The summed E-state index contributed by atoms with van der Waals surface area (Å²) < 4.78 is 18.5. The number of benzene rings is 1. The zero-order valence-corrected chi connectivity index (χ0v) is 13.3. The van der Waals surface area contributed by atoms with Gasteiger partial charge in [0.15, 0.2) is 0 Å². The number of halogens is 1. The van der Waals surface area contributed by atoms with Crippen LogP contribution in [0.25, 0.3) is 0 Å². The van der Waals surface area contributed by atoms with E-state index in [2.05, 4.69) is 0 Å². The Labute approximate surface area is 139 Å². The molecule has 3 rings (SSSR count). The summed E-state index contributed by atoms with van der Waals surface area (Å²) in [6.45, 7) is 1.99. The molecule has 0 bridgehead atoms. The van der Waals surface area contributed by atoms with Crippen LogP contribution in [0.4, 0.5) is 4.39 Å². The predicted molar refractivity (Wildman–Crippen MR) is 85.9 cm³/mol. The summed E-state index contributed by atoms with van der Waals surface area (Å²) in [6.07, 6.45) is 3.56. The normalized spacial score (nSPS) is 14.7. The standard InChI is InChI=1S/C18H19FN2O3/c19-16-4-2-1-3-14(16)5-6-17(22)20-8-10-21(11-9-20)18(23)15-7-12-24-13-15/h1-4,7,12-13H,5-6,8-11H2. The molecule has 0 aliphatic carbocycles. The Morgan fingerprint density at radius 1 is 1.04 bits per heavy atom. The van der Waals surface area contributed by atoms with E-state index in [0.717, 1.165) is 0 Å². The summed E-state index contributed by atoms with van der Waals surface area (Å²) in [7, 11) is 0. The smallest absolute Gasteiger partial charge is 0.257 e. The molecule has 0 spiro atoms. The summed E-state index contributed by atoms with van der Waals surface area (Å²) in [5.41, 5.74) is 1.08. The van der Waals surface area contributed by atoms with Crippen molar-refractivity contribution in [1.29, 1.82) is 0 Å². The van der Waals surface area contributed by atoms with E-state index in [-0.39, 0.29) is 24.1 Å². The van der Waals surface area contributed by atoms with Crippen LogP contribution in [0, 0.1) is 5.82 Å². The first-order valence-corrected chi connectivity index (χ1v) is 7.98. The zero-order valence-electron chi connectivity index (χ0n) is 13.3. The van der Waals surface area contributed by atoms with Gasteiger partial charge in [0.05, 0.1) is 11.8 Å². The molecule has 24 heavy (non-hydrogen) atoms. The maximum absolute atomic E-state index is 13.6. The van der Waals surface area contributed by atoms with Crippen molar-refractivity contribution >= 4 is 11.8 Å². The number of nitrogens with zero attached hydrogens (tertiary/aromatic N) is 2. The highest BCUT2D eigenvalue weighted by Gasteiger charge is 2.25. The van der Waals surface area contributed by atoms with Gasteiger partial charge in [-0.1, -0.05) is 18.2 Å². The number of carbonyl (C=O) groups excluding carboxylic acids is 2. The van der Waals surface area contributed by atoms with Crippen molar-refractivity contribution in [3.05, 3.63) is 59.8 Å². The molecule has 1 aliphatic heterocycles. The van der Waals surface area contributed by atoms with Gasteiger partial charge < -0.3 is 14.2 Å². The Hall–Kier alpha value is -2.63. The van der Waals surface area contributed by atoms with Crippen molar-refractivity contribution in [3.8, 4) is 0 Å². The maximum Gasteiger partial charge on any atom is 0.257 e. The molecule has 1 aliphatic rings. The van der Waals surface area contributed by atoms with Gasteiger partial charge in [-0.25, -0.2) is 4.39 Å². The minimum absolute atomic E-state index is 0.00587. The number of amides is 2. The van der Waals surface area contributed by atoms with Crippen LogP contribution in [-0.2, 0) is 11.2 Å². The fourth-order valence-electron chi connectivity index (χ4n) is 2.83. The van der Waals surface area contributed by atoms with Gasteiger partial charge in [0.25, 0.3) is 5.91 Å². The molecule has 1 aromatic heterocycles. The minimum atomic E-state index is -0.277. The van der Waals surface area contributed by atoms with Crippen molar-refractivity contribution in [2.75, 3.05) is 26.2 Å². The van der Waals surface area contributed by atoms with E-state index < -0.39 is 0 Å². The molecule has 1 aromatic carbocycles. The molecule has 0 N–H and O–H groups in total. The lowest BCUT2D eigenvalue weighted by Gasteiger charge is -2.34. The first-order valence-electron chi connectivity index (χ1n) is 7.98.